The summed E-state index contributed by atoms with van der Waals surface area (Å²) in [5, 5.41) is 0.628. The van der Waals surface area contributed by atoms with Gasteiger partial charge < -0.3 is 4.90 Å². The van der Waals surface area contributed by atoms with Gasteiger partial charge in [-0.2, -0.15) is 4.99 Å². The van der Waals surface area contributed by atoms with Crippen LogP contribution in [-0.4, -0.2) is 42.3 Å². The summed E-state index contributed by atoms with van der Waals surface area (Å²) in [6.45, 7) is 4.05. The molecule has 1 aliphatic carbocycles. The van der Waals surface area contributed by atoms with Gasteiger partial charge in [-0.1, -0.05) is 17.8 Å². The lowest BCUT2D eigenvalue weighted by Crippen LogP contribution is -2.37. The number of anilines is 1. The Bertz CT molecular complexity index is 823. The van der Waals surface area contributed by atoms with Gasteiger partial charge >= 0.3 is 0 Å². The van der Waals surface area contributed by atoms with Gasteiger partial charge in [0.15, 0.2) is 15.0 Å². The van der Waals surface area contributed by atoms with Crippen molar-refractivity contribution in [1.82, 2.24) is 0 Å². The summed E-state index contributed by atoms with van der Waals surface area (Å²) in [5.74, 6) is 0.312. The van der Waals surface area contributed by atoms with Crippen molar-refractivity contribution in [2.45, 2.75) is 38.0 Å². The van der Waals surface area contributed by atoms with Gasteiger partial charge in [0.1, 0.15) is 0 Å². The maximum atomic E-state index is 12.2. The van der Waals surface area contributed by atoms with Crippen molar-refractivity contribution in [1.29, 1.82) is 0 Å². The smallest absolute Gasteiger partial charge is 0.251 e. The molecule has 7 heteroatoms. The first-order valence-electron chi connectivity index (χ1n) is 8.19. The molecule has 1 saturated carbocycles. The number of hydrogen-bond acceptors (Lipinski definition) is 4. The summed E-state index contributed by atoms with van der Waals surface area (Å²) in [7, 11) is -3.02. The number of nitrogens with zero attached hydrogens (tertiary/aromatic N) is 2. The Balaban J connectivity index is 1.75. The molecule has 128 valence electrons. The molecule has 2 saturated heterocycles. The minimum absolute atomic E-state index is 0.0402. The molecule has 0 unspecified atom stereocenters. The third-order valence-electron chi connectivity index (χ3n) is 4.68. The van der Waals surface area contributed by atoms with Crippen LogP contribution in [0.1, 0.15) is 24.0 Å². The lowest BCUT2D eigenvalue weighted by molar-refractivity contribution is -0.118. The number of rotatable bonds is 2. The number of amides is 1. The average Bonchev–Trinajstić information content (AvgIpc) is 3.18. The summed E-state index contributed by atoms with van der Waals surface area (Å²) >= 11 is 1.45. The number of aryl methyl sites for hydroxylation is 2. The molecule has 0 N–H and O–H groups in total. The lowest BCUT2D eigenvalue weighted by atomic mass is 10.1. The molecule has 5 nitrogen and oxygen atoms in total. The van der Waals surface area contributed by atoms with E-state index >= 15 is 0 Å². The van der Waals surface area contributed by atoms with Gasteiger partial charge in [0, 0.05) is 16.9 Å². The summed E-state index contributed by atoms with van der Waals surface area (Å²) in [4.78, 5) is 18.5. The molecular weight excluding hydrogens is 344 g/mol. The molecule has 2 aliphatic heterocycles. The van der Waals surface area contributed by atoms with E-state index in [1.807, 2.05) is 30.9 Å². The zero-order valence-electron chi connectivity index (χ0n) is 13.7. The first kappa shape index (κ1) is 16.1. The van der Waals surface area contributed by atoms with Gasteiger partial charge in [-0.15, -0.1) is 0 Å². The highest BCUT2D eigenvalue weighted by molar-refractivity contribution is 8.16. The predicted octanol–water partition coefficient (Wildman–Crippen LogP) is 2.31. The number of thioether (sulfide) groups is 1. The van der Waals surface area contributed by atoms with Crippen molar-refractivity contribution in [2.24, 2.45) is 10.9 Å². The van der Waals surface area contributed by atoms with E-state index in [2.05, 4.69) is 11.1 Å². The lowest BCUT2D eigenvalue weighted by Gasteiger charge is -2.25. The van der Waals surface area contributed by atoms with E-state index in [0.717, 1.165) is 29.7 Å². The molecule has 0 radical (unpaired) electrons. The first-order chi connectivity index (χ1) is 11.3. The number of carbonyl (C=O) groups excluding carboxylic acids is 1. The van der Waals surface area contributed by atoms with Crippen LogP contribution in [0.25, 0.3) is 0 Å². The van der Waals surface area contributed by atoms with Crippen molar-refractivity contribution in [2.75, 3.05) is 16.4 Å². The molecule has 24 heavy (non-hydrogen) atoms. The van der Waals surface area contributed by atoms with Crippen LogP contribution in [0.4, 0.5) is 5.69 Å². The quantitative estimate of drug-likeness (QED) is 0.806. The van der Waals surface area contributed by atoms with Crippen LogP contribution in [0.5, 0.6) is 0 Å². The number of benzene rings is 1. The van der Waals surface area contributed by atoms with Gasteiger partial charge in [0.05, 0.1) is 17.5 Å². The Hall–Kier alpha value is -1.34. The van der Waals surface area contributed by atoms with Crippen LogP contribution >= 0.6 is 11.8 Å². The Morgan fingerprint density at radius 3 is 2.46 bits per heavy atom. The summed E-state index contributed by atoms with van der Waals surface area (Å²) in [6, 6.07) is 6.03. The second-order valence-electron chi connectivity index (χ2n) is 7.02. The molecule has 3 fully saturated rings. The Morgan fingerprint density at radius 2 is 1.83 bits per heavy atom. The zero-order chi connectivity index (χ0) is 17.1. The second kappa shape index (κ2) is 5.59. The SMILES string of the molecule is Cc1cc(C)cc(N2C(=NC(=O)C3CC3)S[C@@H]3CS(=O)(=O)C[C@@H]32)c1. The van der Waals surface area contributed by atoms with Crippen LogP contribution < -0.4 is 4.90 Å². The number of carbonyl (C=O) groups is 1. The number of hydrogen-bond donors (Lipinski definition) is 0. The van der Waals surface area contributed by atoms with Crippen LogP contribution in [0, 0.1) is 19.8 Å². The molecule has 1 aromatic carbocycles. The highest BCUT2D eigenvalue weighted by atomic mass is 32.2. The van der Waals surface area contributed by atoms with Gasteiger partial charge in [-0.05, 0) is 49.9 Å². The molecule has 4 rings (SSSR count). The largest absolute Gasteiger partial charge is 0.316 e. The van der Waals surface area contributed by atoms with E-state index in [9.17, 15) is 13.2 Å². The highest BCUT2D eigenvalue weighted by Crippen LogP contribution is 2.42. The van der Waals surface area contributed by atoms with E-state index in [1.54, 1.807) is 0 Å². The molecular formula is C17H20N2O3S2. The summed E-state index contributed by atoms with van der Waals surface area (Å²) < 4.78 is 24.1. The van der Waals surface area contributed by atoms with E-state index in [-0.39, 0.29) is 34.6 Å². The van der Waals surface area contributed by atoms with E-state index < -0.39 is 9.84 Å². The van der Waals surface area contributed by atoms with E-state index in [1.165, 1.54) is 11.8 Å². The molecule has 0 aromatic heterocycles. The van der Waals surface area contributed by atoms with Gasteiger partial charge in [-0.25, -0.2) is 8.42 Å². The Labute approximate surface area is 146 Å². The number of sulfone groups is 1. The molecule has 1 amide bonds. The van der Waals surface area contributed by atoms with Crippen molar-refractivity contribution < 1.29 is 13.2 Å². The zero-order valence-corrected chi connectivity index (χ0v) is 15.4. The number of fused-ring (bicyclic) bond motifs is 1. The average molecular weight is 364 g/mol. The second-order valence-corrected chi connectivity index (χ2v) is 10.4. The van der Waals surface area contributed by atoms with Crippen LogP contribution in [0.15, 0.2) is 23.2 Å². The molecule has 2 heterocycles. The third-order valence-corrected chi connectivity index (χ3v) is 7.89. The molecule has 2 atom stereocenters. The fraction of sp³-hybridized carbons (Fsp3) is 0.529. The summed E-state index contributed by atoms with van der Waals surface area (Å²) in [6.07, 6.45) is 1.84. The van der Waals surface area contributed by atoms with Crippen molar-refractivity contribution in [3.8, 4) is 0 Å². The van der Waals surface area contributed by atoms with Crippen molar-refractivity contribution in [3.05, 3.63) is 29.3 Å². The van der Waals surface area contributed by atoms with Crippen molar-refractivity contribution in [3.63, 3.8) is 0 Å². The minimum Gasteiger partial charge on any atom is -0.316 e. The van der Waals surface area contributed by atoms with Gasteiger partial charge in [0.25, 0.3) is 5.91 Å². The van der Waals surface area contributed by atoms with Crippen LogP contribution in [0.3, 0.4) is 0 Å². The number of aliphatic imine (C=N–C) groups is 1. The Kier molecular flexibility index (Phi) is 3.76. The highest BCUT2D eigenvalue weighted by Gasteiger charge is 2.49. The first-order valence-corrected chi connectivity index (χ1v) is 10.9. The topological polar surface area (TPSA) is 66.8 Å². The molecule has 1 aromatic rings. The van der Waals surface area contributed by atoms with Gasteiger partial charge in [-0.3, -0.25) is 4.79 Å². The standard InChI is InChI=1S/C17H20N2O3S2/c1-10-5-11(2)7-13(6-10)19-14-8-24(21,22)9-15(14)23-17(19)18-16(20)12-3-4-12/h5-7,12,14-15H,3-4,8-9H2,1-2H3/t14-,15+/m0/s1. The van der Waals surface area contributed by atoms with Crippen LogP contribution in [-0.2, 0) is 14.6 Å². The number of amidine groups is 1. The molecule has 0 bridgehead atoms. The fourth-order valence-corrected chi connectivity index (χ4v) is 7.39. The van der Waals surface area contributed by atoms with Crippen LogP contribution in [0.2, 0.25) is 0 Å². The normalized spacial score (nSPS) is 29.9. The monoisotopic (exact) mass is 364 g/mol. The van der Waals surface area contributed by atoms with Gasteiger partial charge in [0.2, 0.25) is 0 Å². The molecule has 0 spiro atoms. The fourth-order valence-electron chi connectivity index (χ4n) is 3.47. The minimum atomic E-state index is -3.02. The van der Waals surface area contributed by atoms with E-state index in [4.69, 9.17) is 0 Å². The molecule has 3 aliphatic rings. The maximum absolute atomic E-state index is 12.2. The summed E-state index contributed by atoms with van der Waals surface area (Å²) in [5.41, 5.74) is 3.17. The predicted molar refractivity (Wildman–Crippen MR) is 97.4 cm³/mol. The third kappa shape index (κ3) is 2.99. The van der Waals surface area contributed by atoms with E-state index in [0.29, 0.717) is 5.17 Å². The Morgan fingerprint density at radius 1 is 1.17 bits per heavy atom. The maximum Gasteiger partial charge on any atom is 0.251 e. The van der Waals surface area contributed by atoms with Crippen molar-refractivity contribution >= 4 is 38.4 Å².